The van der Waals surface area contributed by atoms with E-state index in [9.17, 15) is 4.79 Å². The van der Waals surface area contributed by atoms with Crippen molar-refractivity contribution in [2.45, 2.75) is 52.4 Å². The molecule has 1 saturated carbocycles. The second-order valence-electron chi connectivity index (χ2n) is 3.60. The van der Waals surface area contributed by atoms with Crippen molar-refractivity contribution in [2.75, 3.05) is 0 Å². The summed E-state index contributed by atoms with van der Waals surface area (Å²) in [7, 11) is 0. The Morgan fingerprint density at radius 1 is 1.25 bits per heavy atom. The van der Waals surface area contributed by atoms with Crippen molar-refractivity contribution in [3.63, 3.8) is 0 Å². The molecule has 0 aromatic heterocycles. The molecule has 0 atom stereocenters. The van der Waals surface area contributed by atoms with Crippen LogP contribution in [0.3, 0.4) is 0 Å². The number of ketones is 1. The van der Waals surface area contributed by atoms with E-state index in [1.54, 1.807) is 0 Å². The molecule has 0 radical (unpaired) electrons. The van der Waals surface area contributed by atoms with Gasteiger partial charge < -0.3 is 0 Å². The molecule has 0 aromatic carbocycles. The molecule has 1 aliphatic rings. The summed E-state index contributed by atoms with van der Waals surface area (Å²) >= 11 is 0. The predicted molar refractivity (Wildman–Crippen MR) is 51.1 cm³/mol. The van der Waals surface area contributed by atoms with Crippen LogP contribution in [-0.2, 0) is 4.79 Å². The van der Waals surface area contributed by atoms with Gasteiger partial charge in [-0.1, -0.05) is 18.9 Å². The maximum absolute atomic E-state index is 11.6. The van der Waals surface area contributed by atoms with Crippen LogP contribution in [-0.4, -0.2) is 5.78 Å². The van der Waals surface area contributed by atoms with Gasteiger partial charge in [0.15, 0.2) is 5.78 Å². The fraction of sp³-hybridized carbons (Fsp3) is 0.727. The molecule has 0 saturated heterocycles. The summed E-state index contributed by atoms with van der Waals surface area (Å²) in [5.74, 6) is 0.409. The molecule has 1 heteroatoms. The molecule has 1 fully saturated rings. The number of allylic oxidation sites excluding steroid dienone is 2. The van der Waals surface area contributed by atoms with Gasteiger partial charge in [-0.15, -0.1) is 0 Å². The number of hydrogen-bond donors (Lipinski definition) is 0. The van der Waals surface area contributed by atoms with E-state index in [1.807, 2.05) is 0 Å². The highest BCUT2D eigenvalue weighted by atomic mass is 16.1. The van der Waals surface area contributed by atoms with Gasteiger partial charge in [0.2, 0.25) is 0 Å². The molecule has 68 valence electrons. The first-order chi connectivity index (χ1) is 5.75. The third-order valence-corrected chi connectivity index (χ3v) is 2.71. The zero-order valence-corrected chi connectivity index (χ0v) is 8.15. The molecule has 0 spiro atoms. The quantitative estimate of drug-likeness (QED) is 0.431. The molecular weight excluding hydrogens is 148 g/mol. The Labute approximate surface area is 74.9 Å². The maximum atomic E-state index is 11.6. The topological polar surface area (TPSA) is 17.1 Å². The number of carbonyl (C=O) groups excluding carboxylic acids is 1. The Hall–Kier alpha value is -0.590. The zero-order chi connectivity index (χ0) is 8.97. The van der Waals surface area contributed by atoms with Crippen molar-refractivity contribution < 1.29 is 4.79 Å². The average Bonchev–Trinajstić information content (AvgIpc) is 2.28. The Kier molecular flexibility index (Phi) is 3.51. The van der Waals surface area contributed by atoms with Gasteiger partial charge in [-0.3, -0.25) is 4.79 Å². The highest BCUT2D eigenvalue weighted by molar-refractivity contribution is 5.96. The predicted octanol–water partition coefficient (Wildman–Crippen LogP) is 3.25. The van der Waals surface area contributed by atoms with Crippen LogP contribution in [0.4, 0.5) is 0 Å². The van der Waals surface area contributed by atoms with E-state index in [-0.39, 0.29) is 0 Å². The highest BCUT2D eigenvalue weighted by Gasteiger charge is 2.14. The van der Waals surface area contributed by atoms with Crippen molar-refractivity contribution in [3.8, 4) is 0 Å². The highest BCUT2D eigenvalue weighted by Crippen LogP contribution is 2.23. The molecular formula is C11H18O. The van der Waals surface area contributed by atoms with Gasteiger partial charge in [-0.25, -0.2) is 0 Å². The maximum Gasteiger partial charge on any atom is 0.158 e. The van der Waals surface area contributed by atoms with Crippen LogP contribution in [0.2, 0.25) is 0 Å². The number of carbonyl (C=O) groups is 1. The van der Waals surface area contributed by atoms with Crippen molar-refractivity contribution in [2.24, 2.45) is 0 Å². The van der Waals surface area contributed by atoms with E-state index < -0.39 is 0 Å². The molecule has 0 aliphatic heterocycles. The first kappa shape index (κ1) is 9.50. The molecule has 0 heterocycles. The fourth-order valence-electron chi connectivity index (χ4n) is 1.72. The molecule has 12 heavy (non-hydrogen) atoms. The van der Waals surface area contributed by atoms with Gasteiger partial charge in [0.1, 0.15) is 0 Å². The first-order valence-corrected chi connectivity index (χ1v) is 4.97. The van der Waals surface area contributed by atoms with E-state index in [4.69, 9.17) is 0 Å². The summed E-state index contributed by atoms with van der Waals surface area (Å²) in [4.78, 5) is 11.6. The molecule has 1 rings (SSSR count). The molecule has 0 amide bonds. The molecule has 0 N–H and O–H groups in total. The Morgan fingerprint density at radius 2 is 1.92 bits per heavy atom. The van der Waals surface area contributed by atoms with Crippen LogP contribution in [0.5, 0.6) is 0 Å². The summed E-state index contributed by atoms with van der Waals surface area (Å²) in [6, 6.07) is 0. The molecule has 1 aliphatic carbocycles. The lowest BCUT2D eigenvalue weighted by atomic mass is 9.99. The molecule has 0 aromatic rings. The second-order valence-corrected chi connectivity index (χ2v) is 3.60. The number of rotatable bonds is 1. The average molecular weight is 166 g/mol. The van der Waals surface area contributed by atoms with Crippen molar-refractivity contribution in [1.29, 1.82) is 0 Å². The molecule has 0 unspecified atom stereocenters. The van der Waals surface area contributed by atoms with Gasteiger partial charge in [-0.05, 0) is 38.2 Å². The number of hydrogen-bond acceptors (Lipinski definition) is 1. The van der Waals surface area contributed by atoms with Gasteiger partial charge in [-0.2, -0.15) is 0 Å². The summed E-state index contributed by atoms with van der Waals surface area (Å²) in [5, 5.41) is 0. The largest absolute Gasteiger partial charge is 0.295 e. The van der Waals surface area contributed by atoms with Gasteiger partial charge >= 0.3 is 0 Å². The van der Waals surface area contributed by atoms with Crippen LogP contribution in [0.1, 0.15) is 52.4 Å². The van der Waals surface area contributed by atoms with Gasteiger partial charge in [0.05, 0.1) is 0 Å². The summed E-state index contributed by atoms with van der Waals surface area (Å²) in [5.41, 5.74) is 2.44. The van der Waals surface area contributed by atoms with Crippen molar-refractivity contribution >= 4 is 5.78 Å². The minimum absolute atomic E-state index is 0.409. The van der Waals surface area contributed by atoms with Crippen molar-refractivity contribution in [1.82, 2.24) is 0 Å². The van der Waals surface area contributed by atoms with Crippen LogP contribution >= 0.6 is 0 Å². The molecule has 0 bridgehead atoms. The minimum Gasteiger partial charge on any atom is -0.295 e. The van der Waals surface area contributed by atoms with E-state index in [0.29, 0.717) is 5.78 Å². The first-order valence-electron chi connectivity index (χ1n) is 4.97. The molecule has 1 nitrogen and oxygen atoms in total. The second kappa shape index (κ2) is 4.44. The standard InChI is InChI=1S/C11H18O/c1-3-9(2)10-7-5-4-6-8-11(10)12/h3-8H2,1-2H3/b10-9-. The Morgan fingerprint density at radius 3 is 2.58 bits per heavy atom. The monoisotopic (exact) mass is 166 g/mol. The van der Waals surface area contributed by atoms with Crippen LogP contribution in [0, 0.1) is 0 Å². The van der Waals surface area contributed by atoms with Crippen LogP contribution in [0.25, 0.3) is 0 Å². The normalized spacial score (nSPS) is 23.7. The third-order valence-electron chi connectivity index (χ3n) is 2.71. The van der Waals surface area contributed by atoms with Gasteiger partial charge in [0.25, 0.3) is 0 Å². The number of Topliss-reactive ketones (excluding diaryl/α,β-unsaturated/α-hetero) is 1. The lowest BCUT2D eigenvalue weighted by Crippen LogP contribution is -2.02. The van der Waals surface area contributed by atoms with Crippen LogP contribution < -0.4 is 0 Å². The zero-order valence-electron chi connectivity index (χ0n) is 8.15. The van der Waals surface area contributed by atoms with E-state index in [2.05, 4.69) is 13.8 Å². The lowest BCUT2D eigenvalue weighted by Gasteiger charge is -2.05. The Bertz CT molecular complexity index is 201. The summed E-state index contributed by atoms with van der Waals surface area (Å²) in [6.07, 6.45) is 6.37. The van der Waals surface area contributed by atoms with E-state index in [0.717, 1.165) is 31.3 Å². The smallest absolute Gasteiger partial charge is 0.158 e. The summed E-state index contributed by atoms with van der Waals surface area (Å²) < 4.78 is 0. The summed E-state index contributed by atoms with van der Waals surface area (Å²) in [6.45, 7) is 4.22. The van der Waals surface area contributed by atoms with Crippen LogP contribution in [0.15, 0.2) is 11.1 Å². The third kappa shape index (κ3) is 2.20. The van der Waals surface area contributed by atoms with Crippen molar-refractivity contribution in [3.05, 3.63) is 11.1 Å². The van der Waals surface area contributed by atoms with E-state index >= 15 is 0 Å². The SMILES string of the molecule is CC/C(C)=C1/CCCCCC1=O. The fourth-order valence-corrected chi connectivity index (χ4v) is 1.72. The van der Waals surface area contributed by atoms with E-state index in [1.165, 1.54) is 18.4 Å². The minimum atomic E-state index is 0.409. The lowest BCUT2D eigenvalue weighted by molar-refractivity contribution is -0.115. The van der Waals surface area contributed by atoms with Gasteiger partial charge in [0, 0.05) is 6.42 Å². The Balaban J connectivity index is 2.78.